The third-order valence-electron chi connectivity index (χ3n) is 6.97. The zero-order valence-corrected chi connectivity index (χ0v) is 21.1. The summed E-state index contributed by atoms with van der Waals surface area (Å²) < 4.78 is 18.0. The Balaban J connectivity index is 1.39. The molecule has 0 atom stereocenters. The Bertz CT molecular complexity index is 1340. The Labute approximate surface area is 215 Å². The van der Waals surface area contributed by atoms with E-state index in [1.54, 1.807) is 36.4 Å². The van der Waals surface area contributed by atoms with Crippen LogP contribution >= 0.6 is 0 Å². The normalized spacial score (nSPS) is 16.8. The van der Waals surface area contributed by atoms with E-state index in [0.29, 0.717) is 54.5 Å². The second kappa shape index (κ2) is 11.6. The maximum atomic E-state index is 13.4. The first kappa shape index (κ1) is 25.0. The van der Waals surface area contributed by atoms with Gasteiger partial charge in [0.2, 0.25) is 0 Å². The van der Waals surface area contributed by atoms with Gasteiger partial charge in [-0.15, -0.1) is 0 Å². The number of para-hydroxylation sites is 1. The van der Waals surface area contributed by atoms with Crippen LogP contribution < -0.4 is 15.0 Å². The van der Waals surface area contributed by atoms with Crippen molar-refractivity contribution in [2.45, 2.75) is 38.0 Å². The molecule has 1 saturated heterocycles. The molecule has 9 nitrogen and oxygen atoms in total. The highest BCUT2D eigenvalue weighted by Gasteiger charge is 2.22. The molecule has 0 bridgehead atoms. The number of amides is 1. The van der Waals surface area contributed by atoms with Crippen molar-refractivity contribution < 1.29 is 19.0 Å². The van der Waals surface area contributed by atoms with Gasteiger partial charge in [0, 0.05) is 19.0 Å². The number of carbonyl (C=O) groups is 1. The zero-order chi connectivity index (χ0) is 25.6. The van der Waals surface area contributed by atoms with Gasteiger partial charge in [0.1, 0.15) is 5.82 Å². The maximum Gasteiger partial charge on any atom is 0.282 e. The Kier molecular flexibility index (Phi) is 7.79. The smallest absolute Gasteiger partial charge is 0.282 e. The van der Waals surface area contributed by atoms with Gasteiger partial charge in [0.05, 0.1) is 37.4 Å². The number of rotatable bonds is 7. The van der Waals surface area contributed by atoms with Crippen LogP contribution in [0.15, 0.2) is 52.4 Å². The summed E-state index contributed by atoms with van der Waals surface area (Å²) in [7, 11) is 1.55. The van der Waals surface area contributed by atoms with E-state index in [-0.39, 0.29) is 24.0 Å². The Morgan fingerprint density at radius 2 is 1.89 bits per heavy atom. The molecule has 2 aromatic carbocycles. The van der Waals surface area contributed by atoms with E-state index >= 15 is 0 Å². The number of carbonyl (C=O) groups excluding carboxylic acids is 1. The van der Waals surface area contributed by atoms with Gasteiger partial charge in [-0.05, 0) is 48.7 Å². The minimum Gasteiger partial charge on any atom is -0.493 e. The number of hydrogen-bond acceptors (Lipinski definition) is 7. The minimum absolute atomic E-state index is 0.0767. The van der Waals surface area contributed by atoms with Gasteiger partial charge in [0.25, 0.3) is 11.5 Å². The molecule has 2 aliphatic rings. The second-order valence-electron chi connectivity index (χ2n) is 9.38. The Morgan fingerprint density at radius 3 is 2.68 bits per heavy atom. The minimum atomic E-state index is -0.170. The van der Waals surface area contributed by atoms with Crippen LogP contribution in [0.3, 0.4) is 0 Å². The van der Waals surface area contributed by atoms with Crippen LogP contribution in [-0.4, -0.2) is 66.7 Å². The van der Waals surface area contributed by atoms with Crippen LogP contribution in [0.2, 0.25) is 0 Å². The first-order chi connectivity index (χ1) is 18.1. The highest BCUT2D eigenvalue weighted by atomic mass is 16.5. The molecule has 0 unspecified atom stereocenters. The van der Waals surface area contributed by atoms with E-state index in [4.69, 9.17) is 19.2 Å². The fourth-order valence-electron chi connectivity index (χ4n) is 4.93. The molecule has 1 saturated carbocycles. The van der Waals surface area contributed by atoms with Crippen molar-refractivity contribution >= 4 is 23.0 Å². The molecule has 3 aromatic rings. The van der Waals surface area contributed by atoms with Crippen LogP contribution in [0.25, 0.3) is 10.9 Å². The highest BCUT2D eigenvalue weighted by Crippen LogP contribution is 2.32. The quantitative estimate of drug-likeness (QED) is 0.457. The molecule has 9 heteroatoms. The molecule has 0 spiro atoms. The number of methoxy groups -OCH3 is 1. The number of morpholine rings is 1. The van der Waals surface area contributed by atoms with Gasteiger partial charge in [-0.2, -0.15) is 9.78 Å². The van der Waals surface area contributed by atoms with Crippen molar-refractivity contribution in [3.63, 3.8) is 0 Å². The Morgan fingerprint density at radius 1 is 1.11 bits per heavy atom. The molecule has 1 aliphatic carbocycles. The van der Waals surface area contributed by atoms with Gasteiger partial charge in [0.15, 0.2) is 18.1 Å². The standard InChI is InChI=1S/C28H32N4O5/c1-35-25-17-20(11-12-24(25)37-19-26(33)31-13-15-36-16-14-31)18-29-32-27(21-7-3-2-4-8-21)30-23-10-6-5-9-22(23)28(32)34/h5-6,9-12,17-18,21H,2-4,7-8,13-16,19H2,1H3. The Hall–Kier alpha value is -3.72. The molecule has 1 aromatic heterocycles. The number of benzene rings is 2. The molecule has 37 heavy (non-hydrogen) atoms. The average molecular weight is 505 g/mol. The lowest BCUT2D eigenvalue weighted by atomic mass is 9.88. The molecule has 0 radical (unpaired) electrons. The van der Waals surface area contributed by atoms with Gasteiger partial charge < -0.3 is 19.1 Å². The van der Waals surface area contributed by atoms with E-state index in [9.17, 15) is 9.59 Å². The van der Waals surface area contributed by atoms with Crippen LogP contribution in [0, 0.1) is 0 Å². The third-order valence-corrected chi connectivity index (χ3v) is 6.97. The largest absolute Gasteiger partial charge is 0.493 e. The zero-order valence-electron chi connectivity index (χ0n) is 21.1. The summed E-state index contributed by atoms with van der Waals surface area (Å²) >= 11 is 0. The molecule has 2 fully saturated rings. The van der Waals surface area contributed by atoms with E-state index < -0.39 is 0 Å². The fraction of sp³-hybridized carbons (Fsp3) is 0.429. The van der Waals surface area contributed by atoms with Gasteiger partial charge in [-0.3, -0.25) is 9.59 Å². The lowest BCUT2D eigenvalue weighted by Gasteiger charge is -2.26. The van der Waals surface area contributed by atoms with E-state index in [0.717, 1.165) is 31.2 Å². The monoisotopic (exact) mass is 504 g/mol. The van der Waals surface area contributed by atoms with E-state index in [1.807, 2.05) is 24.3 Å². The van der Waals surface area contributed by atoms with E-state index in [1.165, 1.54) is 11.1 Å². The first-order valence-corrected chi connectivity index (χ1v) is 12.9. The summed E-state index contributed by atoms with van der Waals surface area (Å²) in [5, 5.41) is 5.14. The maximum absolute atomic E-state index is 13.4. The number of fused-ring (bicyclic) bond motifs is 1. The van der Waals surface area contributed by atoms with Gasteiger partial charge in [-0.25, -0.2) is 4.98 Å². The lowest BCUT2D eigenvalue weighted by molar-refractivity contribution is -0.137. The average Bonchev–Trinajstić information content (AvgIpc) is 2.96. The number of nitrogens with zero attached hydrogens (tertiary/aromatic N) is 4. The number of hydrogen-bond donors (Lipinski definition) is 0. The van der Waals surface area contributed by atoms with Crippen LogP contribution in [0.4, 0.5) is 0 Å². The summed E-state index contributed by atoms with van der Waals surface area (Å²) in [6.45, 7) is 2.15. The molecule has 0 N–H and O–H groups in total. The molecule has 5 rings (SSSR count). The SMILES string of the molecule is COc1cc(C=Nn2c(C3CCCCC3)nc3ccccc3c2=O)ccc1OCC(=O)N1CCOCC1. The topological polar surface area (TPSA) is 95.2 Å². The van der Waals surface area contributed by atoms with Crippen LogP contribution in [0.5, 0.6) is 11.5 Å². The molecule has 2 heterocycles. The predicted octanol–water partition coefficient (Wildman–Crippen LogP) is 3.57. The van der Waals surface area contributed by atoms with Crippen molar-refractivity contribution in [3.05, 3.63) is 64.2 Å². The predicted molar refractivity (Wildman–Crippen MR) is 141 cm³/mol. The molecular weight excluding hydrogens is 472 g/mol. The molecular formula is C28H32N4O5. The van der Waals surface area contributed by atoms with Gasteiger partial charge in [-0.1, -0.05) is 31.4 Å². The first-order valence-electron chi connectivity index (χ1n) is 12.9. The van der Waals surface area contributed by atoms with Crippen molar-refractivity contribution in [2.24, 2.45) is 5.10 Å². The summed E-state index contributed by atoms with van der Waals surface area (Å²) in [5.74, 6) is 1.78. The van der Waals surface area contributed by atoms with Crippen LogP contribution in [-0.2, 0) is 9.53 Å². The fourth-order valence-corrected chi connectivity index (χ4v) is 4.93. The molecule has 1 aliphatic heterocycles. The third kappa shape index (κ3) is 5.67. The van der Waals surface area contributed by atoms with Crippen molar-refractivity contribution in [1.29, 1.82) is 0 Å². The summed E-state index contributed by atoms with van der Waals surface area (Å²) in [6, 6.07) is 12.7. The number of ether oxygens (including phenoxy) is 3. The van der Waals surface area contributed by atoms with Crippen molar-refractivity contribution in [3.8, 4) is 11.5 Å². The van der Waals surface area contributed by atoms with Gasteiger partial charge >= 0.3 is 0 Å². The van der Waals surface area contributed by atoms with Crippen LogP contribution in [0.1, 0.15) is 49.4 Å². The second-order valence-corrected chi connectivity index (χ2v) is 9.38. The molecule has 194 valence electrons. The lowest BCUT2D eigenvalue weighted by Crippen LogP contribution is -2.43. The van der Waals surface area contributed by atoms with E-state index in [2.05, 4.69) is 5.10 Å². The summed E-state index contributed by atoms with van der Waals surface area (Å²) in [5.41, 5.74) is 1.27. The van der Waals surface area contributed by atoms with Crippen molar-refractivity contribution in [1.82, 2.24) is 14.6 Å². The highest BCUT2D eigenvalue weighted by molar-refractivity contribution is 5.82. The summed E-state index contributed by atoms with van der Waals surface area (Å²) in [6.07, 6.45) is 7.11. The molecule has 1 amide bonds. The summed E-state index contributed by atoms with van der Waals surface area (Å²) in [4.78, 5) is 32.4. The number of aromatic nitrogens is 2. The van der Waals surface area contributed by atoms with Crippen molar-refractivity contribution in [2.75, 3.05) is 40.0 Å².